The molecule has 0 aromatic heterocycles. The van der Waals surface area contributed by atoms with Crippen molar-refractivity contribution < 1.29 is 14.2 Å². The molecule has 0 spiro atoms. The van der Waals surface area contributed by atoms with Gasteiger partial charge in [0.1, 0.15) is 11.6 Å². The van der Waals surface area contributed by atoms with Crippen LogP contribution in [0.3, 0.4) is 0 Å². The Bertz CT molecular complexity index is 355. The molecule has 0 radical (unpaired) electrons. The van der Waals surface area contributed by atoms with Gasteiger partial charge in [-0.05, 0) is 12.1 Å². The SMILES string of the molecule is C#CCC(O)c1ccc(OC)cc1F. The van der Waals surface area contributed by atoms with Crippen LogP contribution in [0.25, 0.3) is 0 Å². The predicted octanol–water partition coefficient (Wildman–Crippen LogP) is 1.89. The maximum atomic E-state index is 13.3. The summed E-state index contributed by atoms with van der Waals surface area (Å²) >= 11 is 0. The molecule has 3 heteroatoms. The number of terminal acetylenes is 1. The quantitative estimate of drug-likeness (QED) is 0.744. The first-order valence-corrected chi connectivity index (χ1v) is 4.14. The molecule has 0 heterocycles. The third kappa shape index (κ3) is 2.24. The minimum atomic E-state index is -0.953. The Hall–Kier alpha value is -1.53. The summed E-state index contributed by atoms with van der Waals surface area (Å²) in [6.45, 7) is 0. The molecule has 1 aromatic carbocycles. The van der Waals surface area contributed by atoms with Gasteiger partial charge < -0.3 is 9.84 Å². The van der Waals surface area contributed by atoms with E-state index in [-0.39, 0.29) is 12.0 Å². The van der Waals surface area contributed by atoms with Gasteiger partial charge in [0.2, 0.25) is 0 Å². The van der Waals surface area contributed by atoms with E-state index in [1.165, 1.54) is 19.2 Å². The molecular weight excluding hydrogens is 183 g/mol. The molecule has 1 rings (SSSR count). The summed E-state index contributed by atoms with van der Waals surface area (Å²) in [7, 11) is 1.45. The molecule has 2 nitrogen and oxygen atoms in total. The van der Waals surface area contributed by atoms with Gasteiger partial charge in [0.15, 0.2) is 0 Å². The number of rotatable bonds is 3. The number of aliphatic hydroxyl groups is 1. The summed E-state index contributed by atoms with van der Waals surface area (Å²) in [5.41, 5.74) is 0.198. The second kappa shape index (κ2) is 4.64. The number of ether oxygens (including phenoxy) is 1. The van der Waals surface area contributed by atoms with Crippen LogP contribution in [0, 0.1) is 18.2 Å². The molecule has 0 aliphatic carbocycles. The highest BCUT2D eigenvalue weighted by atomic mass is 19.1. The highest BCUT2D eigenvalue weighted by molar-refractivity contribution is 5.30. The molecule has 1 unspecified atom stereocenters. The minimum absolute atomic E-state index is 0.100. The molecule has 0 aliphatic rings. The van der Waals surface area contributed by atoms with Crippen LogP contribution < -0.4 is 4.74 Å². The van der Waals surface area contributed by atoms with Gasteiger partial charge in [-0.15, -0.1) is 12.3 Å². The summed E-state index contributed by atoms with van der Waals surface area (Å²) in [4.78, 5) is 0. The highest BCUT2D eigenvalue weighted by Crippen LogP contribution is 2.23. The standard InChI is InChI=1S/C11H11FO2/c1-3-4-11(13)9-6-5-8(14-2)7-10(9)12/h1,5-7,11,13H,4H2,2H3. The number of halogens is 1. The van der Waals surface area contributed by atoms with E-state index in [0.29, 0.717) is 5.75 Å². The lowest BCUT2D eigenvalue weighted by Gasteiger charge is -2.09. The van der Waals surface area contributed by atoms with Crippen molar-refractivity contribution in [1.82, 2.24) is 0 Å². The zero-order chi connectivity index (χ0) is 10.6. The van der Waals surface area contributed by atoms with Crippen molar-refractivity contribution in [1.29, 1.82) is 0 Å². The zero-order valence-electron chi connectivity index (χ0n) is 7.83. The van der Waals surface area contributed by atoms with Gasteiger partial charge in [-0.3, -0.25) is 0 Å². The molecule has 0 aliphatic heterocycles. The summed E-state index contributed by atoms with van der Waals surface area (Å²) in [6, 6.07) is 4.27. The van der Waals surface area contributed by atoms with E-state index in [0.717, 1.165) is 0 Å². The molecule has 1 atom stereocenters. The molecule has 1 aromatic rings. The van der Waals surface area contributed by atoms with Crippen LogP contribution in [-0.2, 0) is 0 Å². The monoisotopic (exact) mass is 194 g/mol. The highest BCUT2D eigenvalue weighted by Gasteiger charge is 2.11. The normalized spacial score (nSPS) is 11.9. The molecule has 0 saturated carbocycles. The van der Waals surface area contributed by atoms with Gasteiger partial charge in [0, 0.05) is 18.1 Å². The number of hydrogen-bond acceptors (Lipinski definition) is 2. The van der Waals surface area contributed by atoms with Crippen LogP contribution in [-0.4, -0.2) is 12.2 Å². The van der Waals surface area contributed by atoms with Crippen LogP contribution in [0.1, 0.15) is 18.1 Å². The van der Waals surface area contributed by atoms with Crippen molar-refractivity contribution >= 4 is 0 Å². The van der Waals surface area contributed by atoms with Gasteiger partial charge in [-0.1, -0.05) is 0 Å². The second-order valence-corrected chi connectivity index (χ2v) is 2.81. The van der Waals surface area contributed by atoms with Gasteiger partial charge >= 0.3 is 0 Å². The van der Waals surface area contributed by atoms with E-state index in [9.17, 15) is 9.50 Å². The Balaban J connectivity index is 2.94. The molecule has 0 bridgehead atoms. The van der Waals surface area contributed by atoms with Crippen LogP contribution in [0.5, 0.6) is 5.75 Å². The van der Waals surface area contributed by atoms with Gasteiger partial charge in [0.25, 0.3) is 0 Å². The van der Waals surface area contributed by atoms with E-state index in [1.54, 1.807) is 6.07 Å². The molecule has 74 valence electrons. The lowest BCUT2D eigenvalue weighted by molar-refractivity contribution is 0.179. The summed E-state index contributed by atoms with van der Waals surface area (Å²) in [5, 5.41) is 9.44. The van der Waals surface area contributed by atoms with Crippen molar-refractivity contribution in [2.24, 2.45) is 0 Å². The van der Waals surface area contributed by atoms with E-state index in [4.69, 9.17) is 11.2 Å². The van der Waals surface area contributed by atoms with Crippen molar-refractivity contribution in [3.8, 4) is 18.1 Å². The topological polar surface area (TPSA) is 29.5 Å². The summed E-state index contributed by atoms with van der Waals surface area (Å²) in [6.07, 6.45) is 4.16. The third-order valence-electron chi connectivity index (χ3n) is 1.88. The number of aliphatic hydroxyl groups excluding tert-OH is 1. The average molecular weight is 194 g/mol. The number of benzene rings is 1. The van der Waals surface area contributed by atoms with Crippen LogP contribution in [0.15, 0.2) is 18.2 Å². The Morgan fingerprint density at radius 1 is 1.64 bits per heavy atom. The fraction of sp³-hybridized carbons (Fsp3) is 0.273. The van der Waals surface area contributed by atoms with Gasteiger partial charge in [-0.2, -0.15) is 0 Å². The Kier molecular flexibility index (Phi) is 3.49. The summed E-state index contributed by atoms with van der Waals surface area (Å²) < 4.78 is 18.1. The summed E-state index contributed by atoms with van der Waals surface area (Å²) in [5.74, 6) is 2.18. The maximum absolute atomic E-state index is 13.3. The fourth-order valence-corrected chi connectivity index (χ4v) is 1.13. The maximum Gasteiger partial charge on any atom is 0.132 e. The first-order valence-electron chi connectivity index (χ1n) is 4.14. The zero-order valence-corrected chi connectivity index (χ0v) is 7.83. The molecule has 14 heavy (non-hydrogen) atoms. The Morgan fingerprint density at radius 2 is 2.36 bits per heavy atom. The second-order valence-electron chi connectivity index (χ2n) is 2.81. The van der Waals surface area contributed by atoms with Crippen molar-refractivity contribution in [2.75, 3.05) is 7.11 Å². The fourth-order valence-electron chi connectivity index (χ4n) is 1.13. The van der Waals surface area contributed by atoms with Crippen molar-refractivity contribution in [3.63, 3.8) is 0 Å². The molecular formula is C11H11FO2. The third-order valence-corrected chi connectivity index (χ3v) is 1.88. The van der Waals surface area contributed by atoms with Crippen molar-refractivity contribution in [2.45, 2.75) is 12.5 Å². The van der Waals surface area contributed by atoms with E-state index in [1.807, 2.05) is 0 Å². The predicted molar refractivity (Wildman–Crippen MR) is 51.4 cm³/mol. The average Bonchev–Trinajstić information content (AvgIpc) is 2.17. The Morgan fingerprint density at radius 3 is 2.86 bits per heavy atom. The lowest BCUT2D eigenvalue weighted by Crippen LogP contribution is -1.99. The van der Waals surface area contributed by atoms with Crippen LogP contribution in [0.4, 0.5) is 4.39 Å². The first-order chi connectivity index (χ1) is 6.69. The minimum Gasteiger partial charge on any atom is -0.497 e. The number of hydrogen-bond donors (Lipinski definition) is 1. The molecule has 1 N–H and O–H groups in total. The number of methoxy groups -OCH3 is 1. The first kappa shape index (κ1) is 10.6. The van der Waals surface area contributed by atoms with Crippen molar-refractivity contribution in [3.05, 3.63) is 29.6 Å². The van der Waals surface area contributed by atoms with Gasteiger partial charge in [0.05, 0.1) is 13.2 Å². The van der Waals surface area contributed by atoms with E-state index < -0.39 is 11.9 Å². The van der Waals surface area contributed by atoms with Gasteiger partial charge in [-0.25, -0.2) is 4.39 Å². The van der Waals surface area contributed by atoms with Crippen LogP contribution in [0.2, 0.25) is 0 Å². The molecule has 0 amide bonds. The van der Waals surface area contributed by atoms with E-state index in [2.05, 4.69) is 5.92 Å². The van der Waals surface area contributed by atoms with E-state index >= 15 is 0 Å². The largest absolute Gasteiger partial charge is 0.497 e. The lowest BCUT2D eigenvalue weighted by atomic mass is 10.1. The molecule has 0 saturated heterocycles. The smallest absolute Gasteiger partial charge is 0.132 e. The van der Waals surface area contributed by atoms with Crippen LogP contribution >= 0.6 is 0 Å². The molecule has 0 fully saturated rings. The Labute approximate surface area is 82.3 Å².